The van der Waals surface area contributed by atoms with Crippen molar-refractivity contribution < 1.29 is 4.39 Å². The van der Waals surface area contributed by atoms with Gasteiger partial charge in [-0.05, 0) is 46.3 Å². The molecule has 1 N–H and O–H groups in total. The highest BCUT2D eigenvalue weighted by Gasteiger charge is 2.21. The zero-order chi connectivity index (χ0) is 14.4. The van der Waals surface area contributed by atoms with Crippen LogP contribution in [0, 0.1) is 5.82 Å². The summed E-state index contributed by atoms with van der Waals surface area (Å²) >= 11 is 3.40. The lowest BCUT2D eigenvalue weighted by atomic mass is 10.0. The van der Waals surface area contributed by atoms with Crippen LogP contribution in [-0.4, -0.2) is 16.5 Å². The normalized spacial score (nSPS) is 14.5. The number of rotatable bonds is 1. The van der Waals surface area contributed by atoms with Crippen molar-refractivity contribution in [2.24, 2.45) is 0 Å². The maximum absolute atomic E-state index is 13.5. The number of fused-ring (bicyclic) bond motifs is 3. The first-order valence-corrected chi connectivity index (χ1v) is 7.65. The van der Waals surface area contributed by atoms with Crippen LogP contribution in [0.4, 0.5) is 10.2 Å². The van der Waals surface area contributed by atoms with E-state index < -0.39 is 0 Å². The lowest BCUT2D eigenvalue weighted by molar-refractivity contribution is 0.629. The Morgan fingerprint density at radius 1 is 1.24 bits per heavy atom. The number of nitrogens with one attached hydrogen (secondary N) is 1. The number of halogens is 2. The minimum Gasteiger partial charge on any atom is -0.358 e. The molecular weight excluding hydrogens is 333 g/mol. The Balaban J connectivity index is 1.75. The molecule has 1 aliphatic heterocycles. The van der Waals surface area contributed by atoms with Crippen molar-refractivity contribution in [2.45, 2.75) is 13.0 Å². The van der Waals surface area contributed by atoms with E-state index in [0.29, 0.717) is 0 Å². The van der Waals surface area contributed by atoms with Crippen molar-refractivity contribution in [3.8, 4) is 0 Å². The van der Waals surface area contributed by atoms with Crippen molar-refractivity contribution in [1.29, 1.82) is 0 Å². The van der Waals surface area contributed by atoms with Gasteiger partial charge < -0.3 is 9.88 Å². The molecule has 0 amide bonds. The Morgan fingerprint density at radius 2 is 2.14 bits per heavy atom. The van der Waals surface area contributed by atoms with Crippen LogP contribution < -0.4 is 4.90 Å². The Labute approximate surface area is 129 Å². The molecule has 0 bridgehead atoms. The van der Waals surface area contributed by atoms with E-state index in [1.54, 1.807) is 12.3 Å². The summed E-state index contributed by atoms with van der Waals surface area (Å²) in [5.41, 5.74) is 3.40. The summed E-state index contributed by atoms with van der Waals surface area (Å²) < 4.78 is 14.5. The average molecular weight is 346 g/mol. The van der Waals surface area contributed by atoms with E-state index in [2.05, 4.69) is 30.8 Å². The maximum Gasteiger partial charge on any atom is 0.128 e. The summed E-state index contributed by atoms with van der Waals surface area (Å²) in [5.74, 6) is 0.762. The molecule has 0 spiro atoms. The lowest BCUT2D eigenvalue weighted by Gasteiger charge is -2.28. The molecule has 4 rings (SSSR count). The Morgan fingerprint density at radius 3 is 2.95 bits per heavy atom. The van der Waals surface area contributed by atoms with Gasteiger partial charge in [0.2, 0.25) is 0 Å². The molecule has 3 heterocycles. The van der Waals surface area contributed by atoms with Gasteiger partial charge in [0.15, 0.2) is 0 Å². The minimum atomic E-state index is -0.191. The molecule has 1 aliphatic rings. The molecule has 0 saturated carbocycles. The number of hydrogen-bond donors (Lipinski definition) is 1. The fraction of sp³-hybridized carbons (Fsp3) is 0.188. The predicted molar refractivity (Wildman–Crippen MR) is 84.9 cm³/mol. The highest BCUT2D eigenvalue weighted by Crippen LogP contribution is 2.30. The Kier molecular flexibility index (Phi) is 2.96. The molecule has 0 aliphatic carbocycles. The van der Waals surface area contributed by atoms with Crippen LogP contribution in [0.15, 0.2) is 41.0 Å². The van der Waals surface area contributed by atoms with Crippen LogP contribution in [0.1, 0.15) is 11.3 Å². The molecule has 3 nitrogen and oxygen atoms in total. The lowest BCUT2D eigenvalue weighted by Crippen LogP contribution is -2.30. The second-order valence-corrected chi connectivity index (χ2v) is 6.19. The third kappa shape index (κ3) is 2.21. The number of aromatic nitrogens is 2. The van der Waals surface area contributed by atoms with Gasteiger partial charge in [-0.3, -0.25) is 0 Å². The SMILES string of the molecule is Fc1ccc2[nH]c3c(c2c1)CN(c1ccc(Br)cn1)CC3. The molecular formula is C16H13BrFN3. The van der Waals surface area contributed by atoms with E-state index in [0.717, 1.165) is 40.7 Å². The van der Waals surface area contributed by atoms with Crippen molar-refractivity contribution in [3.63, 3.8) is 0 Å². The Bertz CT molecular complexity index is 810. The topological polar surface area (TPSA) is 31.9 Å². The number of H-pyrrole nitrogens is 1. The minimum absolute atomic E-state index is 0.191. The average Bonchev–Trinajstić information content (AvgIpc) is 2.85. The summed E-state index contributed by atoms with van der Waals surface area (Å²) in [6, 6.07) is 8.92. The van der Waals surface area contributed by atoms with Gasteiger partial charge in [-0.15, -0.1) is 0 Å². The van der Waals surface area contributed by atoms with Crippen molar-refractivity contribution in [2.75, 3.05) is 11.4 Å². The van der Waals surface area contributed by atoms with E-state index in [4.69, 9.17) is 0 Å². The summed E-state index contributed by atoms with van der Waals surface area (Å²) in [4.78, 5) is 10.1. The van der Waals surface area contributed by atoms with E-state index in [-0.39, 0.29) is 5.82 Å². The standard InChI is InChI=1S/C16H13BrFN3/c17-10-1-4-16(19-8-10)21-6-5-15-13(9-21)12-7-11(18)2-3-14(12)20-15/h1-4,7-8,20H,5-6,9H2. The molecule has 0 fully saturated rings. The van der Waals surface area contributed by atoms with Crippen LogP contribution in [0.3, 0.4) is 0 Å². The van der Waals surface area contributed by atoms with Gasteiger partial charge in [0, 0.05) is 52.3 Å². The molecule has 106 valence electrons. The van der Waals surface area contributed by atoms with Gasteiger partial charge >= 0.3 is 0 Å². The number of pyridine rings is 1. The Hall–Kier alpha value is -1.88. The van der Waals surface area contributed by atoms with Crippen LogP contribution in [0.2, 0.25) is 0 Å². The van der Waals surface area contributed by atoms with E-state index in [9.17, 15) is 4.39 Å². The molecule has 5 heteroatoms. The molecule has 21 heavy (non-hydrogen) atoms. The van der Waals surface area contributed by atoms with Crippen molar-refractivity contribution in [1.82, 2.24) is 9.97 Å². The largest absolute Gasteiger partial charge is 0.358 e. The molecule has 0 radical (unpaired) electrons. The smallest absolute Gasteiger partial charge is 0.128 e. The number of aromatic amines is 1. The highest BCUT2D eigenvalue weighted by atomic mass is 79.9. The second-order valence-electron chi connectivity index (χ2n) is 5.28. The predicted octanol–water partition coefficient (Wildman–Crippen LogP) is 4.03. The monoisotopic (exact) mass is 345 g/mol. The highest BCUT2D eigenvalue weighted by molar-refractivity contribution is 9.10. The molecule has 1 aromatic carbocycles. The zero-order valence-electron chi connectivity index (χ0n) is 11.2. The quantitative estimate of drug-likeness (QED) is 0.722. The van der Waals surface area contributed by atoms with Gasteiger partial charge in [0.05, 0.1) is 0 Å². The summed E-state index contributed by atoms with van der Waals surface area (Å²) in [7, 11) is 0. The summed E-state index contributed by atoms with van der Waals surface area (Å²) in [5, 5.41) is 0.979. The summed E-state index contributed by atoms with van der Waals surface area (Å²) in [6.45, 7) is 1.67. The maximum atomic E-state index is 13.5. The van der Waals surface area contributed by atoms with Gasteiger partial charge in [0.1, 0.15) is 11.6 Å². The summed E-state index contributed by atoms with van der Waals surface area (Å²) in [6.07, 6.45) is 2.73. The van der Waals surface area contributed by atoms with Crippen LogP contribution in [0.25, 0.3) is 10.9 Å². The number of anilines is 1. The first-order valence-electron chi connectivity index (χ1n) is 6.86. The first-order chi connectivity index (χ1) is 10.2. The van der Waals surface area contributed by atoms with Gasteiger partial charge in [0.25, 0.3) is 0 Å². The fourth-order valence-corrected chi connectivity index (χ4v) is 3.17. The van der Waals surface area contributed by atoms with Gasteiger partial charge in [-0.25, -0.2) is 9.37 Å². The van der Waals surface area contributed by atoms with Gasteiger partial charge in [-0.1, -0.05) is 0 Å². The van der Waals surface area contributed by atoms with E-state index >= 15 is 0 Å². The van der Waals surface area contributed by atoms with Gasteiger partial charge in [-0.2, -0.15) is 0 Å². The van der Waals surface area contributed by atoms with Crippen molar-refractivity contribution in [3.05, 3.63) is 58.1 Å². The van der Waals surface area contributed by atoms with Crippen LogP contribution in [-0.2, 0) is 13.0 Å². The molecule has 0 saturated heterocycles. The first kappa shape index (κ1) is 12.8. The number of hydrogen-bond acceptors (Lipinski definition) is 2. The fourth-order valence-electron chi connectivity index (χ4n) is 2.94. The molecule has 3 aromatic rings. The number of nitrogens with zero attached hydrogens (tertiary/aromatic N) is 2. The zero-order valence-corrected chi connectivity index (χ0v) is 12.8. The van der Waals surface area contributed by atoms with Crippen molar-refractivity contribution >= 4 is 32.7 Å². The molecule has 0 atom stereocenters. The van der Waals surface area contributed by atoms with Crippen LogP contribution >= 0.6 is 15.9 Å². The van der Waals surface area contributed by atoms with E-state index in [1.165, 1.54) is 17.3 Å². The molecule has 0 unspecified atom stereocenters. The number of benzene rings is 1. The third-order valence-electron chi connectivity index (χ3n) is 3.97. The second kappa shape index (κ2) is 4.84. The molecule has 2 aromatic heterocycles. The van der Waals surface area contributed by atoms with Crippen LogP contribution in [0.5, 0.6) is 0 Å². The van der Waals surface area contributed by atoms with E-state index in [1.807, 2.05) is 18.2 Å². The third-order valence-corrected chi connectivity index (χ3v) is 4.44.